The Morgan fingerprint density at radius 2 is 1.73 bits per heavy atom. The van der Waals surface area contributed by atoms with E-state index in [-0.39, 0.29) is 54.6 Å². The van der Waals surface area contributed by atoms with E-state index in [1.165, 1.54) is 5.56 Å². The summed E-state index contributed by atoms with van der Waals surface area (Å²) in [5.74, 6) is 0.428. The lowest BCUT2D eigenvalue weighted by Gasteiger charge is -2.41. The number of phenolic OH excluding ortho intramolecular Hbond substituents is 1. The molecular weight excluding hydrogens is 814 g/mol. The Morgan fingerprint density at radius 3 is 2.48 bits per heavy atom. The molecule has 5 aromatic rings. The molecule has 330 valence electrons. The predicted octanol–water partition coefficient (Wildman–Crippen LogP) is 6.64. The molecule has 15 nitrogen and oxygen atoms in total. The number of nitrogens with two attached hydrogens (primary N) is 1. The van der Waals surface area contributed by atoms with Crippen molar-refractivity contribution in [1.29, 1.82) is 5.26 Å². The highest BCUT2D eigenvalue weighted by Gasteiger charge is 2.39. The molecular formula is C48H52FN11O4. The fourth-order valence-corrected chi connectivity index (χ4v) is 10.4. The minimum atomic E-state index is -1.41. The van der Waals surface area contributed by atoms with E-state index >= 15 is 4.39 Å². The Labute approximate surface area is 370 Å². The lowest BCUT2D eigenvalue weighted by Crippen LogP contribution is -2.51. The van der Waals surface area contributed by atoms with Crippen molar-refractivity contribution >= 4 is 46.1 Å². The van der Waals surface area contributed by atoms with Crippen LogP contribution in [0.15, 0.2) is 67.0 Å². The normalized spacial score (nSPS) is 20.9. The van der Waals surface area contributed by atoms with Crippen LogP contribution in [0.3, 0.4) is 0 Å². The summed E-state index contributed by atoms with van der Waals surface area (Å²) in [4.78, 5) is 50.7. The zero-order chi connectivity index (χ0) is 44.1. The molecule has 3 aromatic heterocycles. The number of piperidine rings is 3. The third-order valence-corrected chi connectivity index (χ3v) is 14.1. The quantitative estimate of drug-likeness (QED) is 0.144. The number of phenols is 1. The van der Waals surface area contributed by atoms with Gasteiger partial charge >= 0.3 is 6.03 Å². The van der Waals surface area contributed by atoms with Crippen molar-refractivity contribution in [3.05, 3.63) is 89.2 Å². The first kappa shape index (κ1) is 41.4. The second-order valence-corrected chi connectivity index (χ2v) is 18.3. The highest BCUT2D eigenvalue weighted by Crippen LogP contribution is 2.46. The highest BCUT2D eigenvalue weighted by atomic mass is 19.1. The van der Waals surface area contributed by atoms with Gasteiger partial charge in [-0.1, -0.05) is 18.2 Å². The predicted molar refractivity (Wildman–Crippen MR) is 240 cm³/mol. The molecule has 0 radical (unpaired) electrons. The summed E-state index contributed by atoms with van der Waals surface area (Å²) in [6.45, 7) is 4.11. The van der Waals surface area contributed by atoms with Crippen molar-refractivity contribution in [3.63, 3.8) is 0 Å². The number of fused-ring (bicyclic) bond motifs is 1. The number of nitrogen functional groups attached to an aromatic ring is 1. The summed E-state index contributed by atoms with van der Waals surface area (Å²) in [5.41, 5.74) is 11.3. The van der Waals surface area contributed by atoms with Gasteiger partial charge in [0.05, 0.1) is 34.9 Å². The number of alkyl halides is 1. The number of hydrogen-bond acceptors (Lipinski definition) is 11. The standard InChI is InChI=1S/C48H52FN11O4/c49-48(29-56-17-11-34(12-18-56)60-28-39(30-7-8-30)38-23-35(26-52-45(38)60)59-19-13-43(62)53-47(59)64)14-20-57(21-15-48)46(63)31-9-10-36(33(22-31)25-50)32-4-3-16-58(27-32)41-24-40(54-55-44(41)51)37-5-1-2-6-42(37)61/h1-2,5-6,9-10,22-24,26,28,30,32,34,61H,3-4,7-8,11-21,27,29H2,(H2,51,55)(H,53,62,64)/t32-/m0/s1. The third-order valence-electron chi connectivity index (χ3n) is 14.1. The molecule has 0 bridgehead atoms. The van der Waals surface area contributed by atoms with Gasteiger partial charge in [-0.3, -0.25) is 19.8 Å². The summed E-state index contributed by atoms with van der Waals surface area (Å²) in [6, 6.07) is 18.4. The van der Waals surface area contributed by atoms with Gasteiger partial charge in [-0.25, -0.2) is 14.2 Å². The molecule has 16 heteroatoms. The minimum absolute atomic E-state index is 0.0128. The monoisotopic (exact) mass is 865 g/mol. The van der Waals surface area contributed by atoms with Gasteiger partial charge in [-0.15, -0.1) is 10.2 Å². The van der Waals surface area contributed by atoms with E-state index in [9.17, 15) is 24.8 Å². The lowest BCUT2D eigenvalue weighted by atomic mass is 9.86. The SMILES string of the molecule is N#Cc1cc(C(=O)N2CCC(F)(CN3CCC(n4cc(C5CC5)c5cc(N6CCC(=O)NC6=O)cnc54)CC3)CC2)ccc1[C@H]1CCCN(c2cc(-c3ccccc3O)nnc2N)C1. The molecule has 7 heterocycles. The molecule has 5 aliphatic rings. The number of amides is 4. The fourth-order valence-electron chi connectivity index (χ4n) is 10.4. The van der Waals surface area contributed by atoms with Crippen LogP contribution in [0, 0.1) is 11.3 Å². The molecule has 4 saturated heterocycles. The maximum absolute atomic E-state index is 16.5. The second-order valence-electron chi connectivity index (χ2n) is 18.3. The molecule has 0 unspecified atom stereocenters. The number of pyridine rings is 1. The molecule has 5 fully saturated rings. The number of rotatable bonds is 9. The van der Waals surface area contributed by atoms with Crippen molar-refractivity contribution in [1.82, 2.24) is 34.9 Å². The molecule has 4 amide bonds. The number of carbonyl (C=O) groups excluding carboxylic acids is 3. The first-order valence-corrected chi connectivity index (χ1v) is 22.6. The summed E-state index contributed by atoms with van der Waals surface area (Å²) < 4.78 is 18.8. The molecule has 1 saturated carbocycles. The number of nitrogens with zero attached hydrogens (tertiary/aromatic N) is 9. The lowest BCUT2D eigenvalue weighted by molar-refractivity contribution is -0.120. The van der Waals surface area contributed by atoms with Crippen LogP contribution in [0.2, 0.25) is 0 Å². The Morgan fingerprint density at radius 1 is 0.938 bits per heavy atom. The Hall–Kier alpha value is -6.60. The topological polar surface area (TPSA) is 190 Å². The van der Waals surface area contributed by atoms with Crippen molar-refractivity contribution < 1.29 is 23.9 Å². The first-order chi connectivity index (χ1) is 31.0. The van der Waals surface area contributed by atoms with Gasteiger partial charge in [0, 0.05) is 106 Å². The second kappa shape index (κ2) is 16.8. The van der Waals surface area contributed by atoms with Gasteiger partial charge < -0.3 is 30.1 Å². The van der Waals surface area contributed by atoms with Crippen molar-refractivity contribution in [2.45, 2.75) is 81.3 Å². The van der Waals surface area contributed by atoms with Crippen molar-refractivity contribution in [3.8, 4) is 23.1 Å². The number of nitriles is 1. The van der Waals surface area contributed by atoms with Crippen LogP contribution in [0.1, 0.15) is 103 Å². The smallest absolute Gasteiger partial charge is 0.328 e. The van der Waals surface area contributed by atoms with Crippen LogP contribution in [0.4, 0.5) is 26.4 Å². The Kier molecular flexibility index (Phi) is 10.9. The van der Waals surface area contributed by atoms with Gasteiger partial charge in [0.25, 0.3) is 5.91 Å². The van der Waals surface area contributed by atoms with Crippen LogP contribution in [0.25, 0.3) is 22.3 Å². The molecule has 4 aliphatic heterocycles. The van der Waals surface area contributed by atoms with Crippen molar-refractivity contribution in [2.24, 2.45) is 0 Å². The van der Waals surface area contributed by atoms with E-state index in [2.05, 4.69) is 42.1 Å². The first-order valence-electron chi connectivity index (χ1n) is 22.6. The van der Waals surface area contributed by atoms with E-state index in [1.807, 2.05) is 24.3 Å². The maximum atomic E-state index is 16.5. The summed E-state index contributed by atoms with van der Waals surface area (Å²) in [6.07, 6.45) is 10.4. The molecule has 64 heavy (non-hydrogen) atoms. The fraction of sp³-hybridized carbons (Fsp3) is 0.438. The van der Waals surface area contributed by atoms with E-state index in [1.54, 1.807) is 46.3 Å². The minimum Gasteiger partial charge on any atom is -0.507 e. The number of nitrogens with one attached hydrogen (secondary N) is 1. The van der Waals surface area contributed by atoms with Crippen LogP contribution < -0.4 is 20.9 Å². The highest BCUT2D eigenvalue weighted by molar-refractivity contribution is 6.06. The molecule has 0 spiro atoms. The number of aromatic hydroxyl groups is 1. The molecule has 10 rings (SSSR count). The number of anilines is 3. The zero-order valence-electron chi connectivity index (χ0n) is 35.8. The van der Waals surface area contributed by atoms with E-state index in [0.29, 0.717) is 66.7 Å². The number of halogens is 1. The number of benzene rings is 2. The van der Waals surface area contributed by atoms with Gasteiger partial charge in [0.15, 0.2) is 5.82 Å². The molecule has 4 N–H and O–H groups in total. The van der Waals surface area contributed by atoms with Crippen LogP contribution in [-0.2, 0) is 4.79 Å². The average molecular weight is 866 g/mol. The Bertz CT molecular complexity index is 2680. The summed E-state index contributed by atoms with van der Waals surface area (Å²) in [5, 5.41) is 32.6. The van der Waals surface area contributed by atoms with Crippen LogP contribution in [0.5, 0.6) is 5.75 Å². The summed E-state index contributed by atoms with van der Waals surface area (Å²) >= 11 is 0. The van der Waals surface area contributed by atoms with E-state index in [0.717, 1.165) is 80.4 Å². The molecule has 1 atom stereocenters. The molecule has 1 aliphatic carbocycles. The van der Waals surface area contributed by atoms with Gasteiger partial charge in [0.1, 0.15) is 17.1 Å². The summed E-state index contributed by atoms with van der Waals surface area (Å²) in [7, 11) is 0. The van der Waals surface area contributed by atoms with E-state index in [4.69, 9.17) is 10.7 Å². The van der Waals surface area contributed by atoms with Crippen molar-refractivity contribution in [2.75, 3.05) is 67.9 Å². The van der Waals surface area contributed by atoms with Crippen LogP contribution >= 0.6 is 0 Å². The number of urea groups is 1. The third kappa shape index (κ3) is 8.09. The largest absolute Gasteiger partial charge is 0.507 e. The number of hydrogen-bond donors (Lipinski definition) is 3. The Balaban J connectivity index is 0.749. The van der Waals surface area contributed by atoms with E-state index < -0.39 is 11.7 Å². The number of carbonyl (C=O) groups is 3. The average Bonchev–Trinajstić information content (AvgIpc) is 4.09. The molecule has 2 aromatic carbocycles. The number of aromatic nitrogens is 4. The number of likely N-dealkylation sites (tertiary alicyclic amines) is 2. The van der Waals surface area contributed by atoms with Gasteiger partial charge in [-0.2, -0.15) is 5.26 Å². The zero-order valence-corrected chi connectivity index (χ0v) is 35.8. The van der Waals surface area contributed by atoms with Crippen LogP contribution in [-0.4, -0.2) is 111 Å². The van der Waals surface area contributed by atoms with Gasteiger partial charge in [-0.05, 0) is 92.0 Å². The number of imide groups is 1. The number of para-hydroxylation sites is 1. The maximum Gasteiger partial charge on any atom is 0.328 e. The van der Waals surface area contributed by atoms with Gasteiger partial charge in [0.2, 0.25) is 5.91 Å².